The van der Waals surface area contributed by atoms with Crippen LogP contribution >= 0.6 is 0 Å². The lowest BCUT2D eigenvalue weighted by Crippen LogP contribution is -2.00. The van der Waals surface area contributed by atoms with E-state index in [0.29, 0.717) is 0 Å². The fourth-order valence-corrected chi connectivity index (χ4v) is 1.21. The van der Waals surface area contributed by atoms with Gasteiger partial charge in [0.2, 0.25) is 0 Å². The summed E-state index contributed by atoms with van der Waals surface area (Å²) < 4.78 is 21.0. The highest BCUT2D eigenvalue weighted by atomic mass is 32.2. The smallest absolute Gasteiger partial charge is 0.0436 e. The Kier molecular flexibility index (Phi) is 2.79. The van der Waals surface area contributed by atoms with Crippen LogP contribution in [0.4, 0.5) is 0 Å². The molecule has 0 spiro atoms. The van der Waals surface area contributed by atoms with Crippen molar-refractivity contribution in [1.82, 2.24) is 0 Å². The maximum Gasteiger partial charge on any atom is 0.0436 e. The maximum absolute atomic E-state index is 10.5. The Bertz CT molecular complexity index is 246. The van der Waals surface area contributed by atoms with Crippen LogP contribution in [-0.2, 0) is 11.1 Å². The van der Waals surface area contributed by atoms with E-state index in [1.54, 1.807) is 19.1 Å². The van der Waals surface area contributed by atoms with Crippen molar-refractivity contribution < 1.29 is 8.76 Å². The predicted molar refractivity (Wildman–Crippen MR) is 43.8 cm³/mol. The highest BCUT2D eigenvalue weighted by Gasteiger charge is 2.02. The van der Waals surface area contributed by atoms with Crippen LogP contribution in [0.3, 0.4) is 0 Å². The van der Waals surface area contributed by atoms with E-state index < -0.39 is 16.3 Å². The van der Waals surface area contributed by atoms with Crippen molar-refractivity contribution in [2.45, 2.75) is 12.2 Å². The Morgan fingerprint density at radius 1 is 1.36 bits per heavy atom. The third-order valence-electron chi connectivity index (χ3n) is 1.56. The molecule has 1 aromatic rings. The molecule has 1 unspecified atom stereocenters. The molecule has 0 saturated heterocycles. The minimum atomic E-state index is -2.01. The van der Waals surface area contributed by atoms with Gasteiger partial charge in [0.25, 0.3) is 0 Å². The van der Waals surface area contributed by atoms with Crippen molar-refractivity contribution >= 4 is 11.1 Å². The lowest BCUT2D eigenvalue weighted by molar-refractivity contribution is 0.527. The molecule has 60 valence electrons. The molecule has 0 aromatic heterocycles. The van der Waals surface area contributed by atoms with E-state index >= 15 is 0 Å². The monoisotopic (exact) mass is 169 g/mol. The molecule has 0 saturated carbocycles. The summed E-state index contributed by atoms with van der Waals surface area (Å²) >= 11 is -2.01. The van der Waals surface area contributed by atoms with Crippen LogP contribution < -0.4 is 0 Å². The molecule has 2 atom stereocenters. The third kappa shape index (κ3) is 2.13. The first-order valence-corrected chi connectivity index (χ1v) is 4.48. The van der Waals surface area contributed by atoms with Crippen LogP contribution in [0.1, 0.15) is 17.7 Å². The van der Waals surface area contributed by atoms with Gasteiger partial charge in [-0.25, -0.2) is 0 Å². The Balaban J connectivity index is 2.85. The maximum atomic E-state index is 10.5. The van der Waals surface area contributed by atoms with E-state index in [2.05, 4.69) is 0 Å². The van der Waals surface area contributed by atoms with Gasteiger partial charge in [-0.2, -0.15) is 0 Å². The molecule has 0 bridgehead atoms. The van der Waals surface area contributed by atoms with Gasteiger partial charge < -0.3 is 4.55 Å². The van der Waals surface area contributed by atoms with Crippen LogP contribution in [0.25, 0.3) is 0 Å². The van der Waals surface area contributed by atoms with Gasteiger partial charge in [-0.3, -0.25) is 4.21 Å². The van der Waals surface area contributed by atoms with Crippen molar-refractivity contribution in [2.75, 3.05) is 0 Å². The quantitative estimate of drug-likeness (QED) is 0.631. The topological polar surface area (TPSA) is 40.1 Å². The highest BCUT2D eigenvalue weighted by Crippen LogP contribution is 2.16. The Labute approximate surface area is 68.5 Å². The number of benzene rings is 1. The summed E-state index contributed by atoms with van der Waals surface area (Å²) in [5, 5.41) is -0.406. The largest absolute Gasteiger partial charge is 0.772 e. The predicted octanol–water partition coefficient (Wildman–Crippen LogP) is 1.63. The van der Waals surface area contributed by atoms with Crippen molar-refractivity contribution in [2.24, 2.45) is 0 Å². The fraction of sp³-hybridized carbons (Fsp3) is 0.250. The molecule has 0 amide bonds. The molecule has 0 aliphatic carbocycles. The molecule has 0 N–H and O–H groups in total. The van der Waals surface area contributed by atoms with Crippen LogP contribution in [0.15, 0.2) is 30.3 Å². The van der Waals surface area contributed by atoms with Gasteiger partial charge in [-0.15, -0.1) is 0 Å². The first-order valence-electron chi connectivity index (χ1n) is 3.35. The molecule has 0 aliphatic rings. The van der Waals surface area contributed by atoms with E-state index in [4.69, 9.17) is 0 Å². The summed E-state index contributed by atoms with van der Waals surface area (Å²) in [6, 6.07) is 9.14. The average Bonchev–Trinajstić information content (AvgIpc) is 2.05. The molecule has 0 fully saturated rings. The second kappa shape index (κ2) is 3.64. The molecule has 2 nitrogen and oxygen atoms in total. The number of rotatable bonds is 2. The first kappa shape index (κ1) is 8.43. The number of hydrogen-bond donors (Lipinski definition) is 0. The zero-order valence-corrected chi connectivity index (χ0v) is 7.01. The highest BCUT2D eigenvalue weighted by molar-refractivity contribution is 7.79. The van der Waals surface area contributed by atoms with E-state index in [0.717, 1.165) is 5.56 Å². The van der Waals surface area contributed by atoms with Gasteiger partial charge >= 0.3 is 0 Å². The van der Waals surface area contributed by atoms with Crippen molar-refractivity contribution in [3.63, 3.8) is 0 Å². The van der Waals surface area contributed by atoms with Crippen molar-refractivity contribution in [3.8, 4) is 0 Å². The second-order valence-corrected chi connectivity index (χ2v) is 3.54. The zero-order chi connectivity index (χ0) is 8.27. The van der Waals surface area contributed by atoms with Gasteiger partial charge in [0.05, 0.1) is 0 Å². The van der Waals surface area contributed by atoms with E-state index in [-0.39, 0.29) is 0 Å². The minimum absolute atomic E-state index is 0.406. The van der Waals surface area contributed by atoms with Gasteiger partial charge in [-0.05, 0) is 23.6 Å². The van der Waals surface area contributed by atoms with Crippen LogP contribution in [0, 0.1) is 0 Å². The molecule has 0 heterocycles. The molecule has 0 radical (unpaired) electrons. The van der Waals surface area contributed by atoms with Crippen molar-refractivity contribution in [1.29, 1.82) is 0 Å². The molecular formula is C8H9O2S-. The van der Waals surface area contributed by atoms with E-state index in [9.17, 15) is 8.76 Å². The molecule has 0 aliphatic heterocycles. The van der Waals surface area contributed by atoms with Gasteiger partial charge in [0, 0.05) is 5.25 Å². The summed E-state index contributed by atoms with van der Waals surface area (Å²) in [6.07, 6.45) is 0. The van der Waals surface area contributed by atoms with Gasteiger partial charge in [0.1, 0.15) is 0 Å². The summed E-state index contributed by atoms with van der Waals surface area (Å²) in [6.45, 7) is 1.67. The third-order valence-corrected chi connectivity index (χ3v) is 2.41. The molecule has 11 heavy (non-hydrogen) atoms. The lowest BCUT2D eigenvalue weighted by atomic mass is 10.2. The van der Waals surface area contributed by atoms with Crippen LogP contribution in [-0.4, -0.2) is 8.76 Å². The Morgan fingerprint density at radius 3 is 2.36 bits per heavy atom. The van der Waals surface area contributed by atoms with Crippen LogP contribution in [0.5, 0.6) is 0 Å². The second-order valence-electron chi connectivity index (χ2n) is 2.31. The lowest BCUT2D eigenvalue weighted by Gasteiger charge is -2.14. The summed E-state index contributed by atoms with van der Waals surface area (Å²) in [5.74, 6) is 0. The average molecular weight is 169 g/mol. The molecule has 1 aromatic carbocycles. The van der Waals surface area contributed by atoms with E-state index in [1.165, 1.54) is 0 Å². The van der Waals surface area contributed by atoms with Gasteiger partial charge in [0.15, 0.2) is 0 Å². The SMILES string of the molecule is C[C@@H](c1ccccc1)S(=O)[O-]. The summed E-state index contributed by atoms with van der Waals surface area (Å²) in [4.78, 5) is 0. The minimum Gasteiger partial charge on any atom is -0.772 e. The summed E-state index contributed by atoms with van der Waals surface area (Å²) in [7, 11) is 0. The normalized spacial score (nSPS) is 15.8. The summed E-state index contributed by atoms with van der Waals surface area (Å²) in [5.41, 5.74) is 0.834. The fourth-order valence-electron chi connectivity index (χ4n) is 0.835. The Morgan fingerprint density at radius 2 is 1.91 bits per heavy atom. The standard InChI is InChI=1S/C8H10O2S/c1-7(11(9)10)8-5-3-2-4-6-8/h2-7H,1H3,(H,9,10)/p-1/t7-/m0/s1. The molecule has 3 heteroatoms. The molecular weight excluding hydrogens is 160 g/mol. The number of hydrogen-bond acceptors (Lipinski definition) is 2. The Hall–Kier alpha value is -0.670. The van der Waals surface area contributed by atoms with E-state index in [1.807, 2.05) is 18.2 Å². The van der Waals surface area contributed by atoms with Crippen LogP contribution in [0.2, 0.25) is 0 Å². The molecule has 1 rings (SSSR count). The van der Waals surface area contributed by atoms with Gasteiger partial charge in [-0.1, -0.05) is 30.3 Å². The first-order chi connectivity index (χ1) is 5.22. The van der Waals surface area contributed by atoms with Crippen molar-refractivity contribution in [3.05, 3.63) is 35.9 Å². The zero-order valence-electron chi connectivity index (χ0n) is 6.19.